The van der Waals surface area contributed by atoms with Crippen molar-refractivity contribution in [2.24, 2.45) is 5.73 Å². The maximum absolute atomic E-state index is 11.4. The number of nitrogens with one attached hydrogen (secondary N) is 1. The van der Waals surface area contributed by atoms with Crippen LogP contribution < -0.4 is 21.5 Å². The zero-order chi connectivity index (χ0) is 14.5. The third-order valence-electron chi connectivity index (χ3n) is 2.62. The first-order valence-corrected chi connectivity index (χ1v) is 6.15. The highest BCUT2D eigenvalue weighted by molar-refractivity contribution is 6.00. The summed E-state index contributed by atoms with van der Waals surface area (Å²) in [5.74, 6) is 0.00387. The molecule has 0 bridgehead atoms. The summed E-state index contributed by atoms with van der Waals surface area (Å²) in [4.78, 5) is 15.5. The van der Waals surface area contributed by atoms with E-state index in [2.05, 4.69) is 10.3 Å². The molecule has 0 saturated heterocycles. The van der Waals surface area contributed by atoms with Crippen molar-refractivity contribution in [3.05, 3.63) is 42.1 Å². The number of primary amides is 1. The van der Waals surface area contributed by atoms with Gasteiger partial charge in [-0.05, 0) is 31.2 Å². The molecule has 0 spiro atoms. The van der Waals surface area contributed by atoms with Gasteiger partial charge < -0.3 is 21.5 Å². The Morgan fingerprint density at radius 3 is 2.75 bits per heavy atom. The lowest BCUT2D eigenvalue weighted by atomic mass is 10.1. The summed E-state index contributed by atoms with van der Waals surface area (Å²) in [6, 6.07) is 8.47. The van der Waals surface area contributed by atoms with E-state index >= 15 is 0 Å². The highest BCUT2D eigenvalue weighted by Crippen LogP contribution is 2.23. The normalized spacial score (nSPS) is 10.1. The number of rotatable bonds is 5. The average molecular weight is 272 g/mol. The summed E-state index contributed by atoms with van der Waals surface area (Å²) < 4.78 is 5.26. The van der Waals surface area contributed by atoms with Gasteiger partial charge in [-0.1, -0.05) is 0 Å². The zero-order valence-electron chi connectivity index (χ0n) is 11.1. The van der Waals surface area contributed by atoms with Gasteiger partial charge >= 0.3 is 0 Å². The molecule has 2 aromatic rings. The third-order valence-corrected chi connectivity index (χ3v) is 2.62. The Kier molecular flexibility index (Phi) is 4.05. The Morgan fingerprint density at radius 1 is 1.35 bits per heavy atom. The topological polar surface area (TPSA) is 103 Å². The molecule has 6 nitrogen and oxygen atoms in total. The second-order valence-electron chi connectivity index (χ2n) is 4.11. The quantitative estimate of drug-likeness (QED) is 0.721. The number of hydrogen-bond acceptors (Lipinski definition) is 5. The third kappa shape index (κ3) is 3.17. The number of nitrogen functional groups attached to an aromatic ring is 1. The summed E-state index contributed by atoms with van der Waals surface area (Å²) in [6.45, 7) is 2.45. The lowest BCUT2D eigenvalue weighted by molar-refractivity contribution is 0.100. The number of benzene rings is 1. The standard InChI is InChI=1S/C14H16N4O2/c1-2-20-13-6-4-10(8-17-13)18-12-5-3-9(15)7-11(12)14(16)19/h3-8,18H,2,15H2,1H3,(H2,16,19). The minimum atomic E-state index is -0.543. The summed E-state index contributed by atoms with van der Waals surface area (Å²) in [5.41, 5.74) is 13.1. The molecule has 2 rings (SSSR count). The van der Waals surface area contributed by atoms with E-state index in [-0.39, 0.29) is 0 Å². The van der Waals surface area contributed by atoms with Gasteiger partial charge in [-0.3, -0.25) is 4.79 Å². The van der Waals surface area contributed by atoms with Crippen molar-refractivity contribution in [1.29, 1.82) is 0 Å². The Morgan fingerprint density at radius 2 is 2.15 bits per heavy atom. The monoisotopic (exact) mass is 272 g/mol. The van der Waals surface area contributed by atoms with Crippen LogP contribution in [0.2, 0.25) is 0 Å². The molecule has 0 unspecified atom stereocenters. The molecule has 1 aromatic heterocycles. The van der Waals surface area contributed by atoms with E-state index in [1.807, 2.05) is 6.92 Å². The van der Waals surface area contributed by atoms with Crippen LogP contribution in [0.15, 0.2) is 36.5 Å². The van der Waals surface area contributed by atoms with E-state index in [0.717, 1.165) is 5.69 Å². The van der Waals surface area contributed by atoms with Crippen molar-refractivity contribution in [2.75, 3.05) is 17.7 Å². The predicted molar refractivity (Wildman–Crippen MR) is 78.1 cm³/mol. The summed E-state index contributed by atoms with van der Waals surface area (Å²) >= 11 is 0. The van der Waals surface area contributed by atoms with Crippen molar-refractivity contribution in [3.63, 3.8) is 0 Å². The number of ether oxygens (including phenoxy) is 1. The van der Waals surface area contributed by atoms with Crippen LogP contribution in [0.1, 0.15) is 17.3 Å². The van der Waals surface area contributed by atoms with E-state index in [0.29, 0.717) is 29.4 Å². The second kappa shape index (κ2) is 5.92. The molecule has 0 fully saturated rings. The molecular formula is C14H16N4O2. The molecule has 1 amide bonds. The fraction of sp³-hybridized carbons (Fsp3) is 0.143. The Hall–Kier alpha value is -2.76. The fourth-order valence-corrected chi connectivity index (χ4v) is 1.72. The molecule has 1 heterocycles. The van der Waals surface area contributed by atoms with Crippen molar-refractivity contribution < 1.29 is 9.53 Å². The number of nitrogens with two attached hydrogens (primary N) is 2. The Bertz CT molecular complexity index is 611. The zero-order valence-corrected chi connectivity index (χ0v) is 11.1. The van der Waals surface area contributed by atoms with Gasteiger partial charge in [0, 0.05) is 11.8 Å². The molecule has 0 saturated carbocycles. The molecule has 0 atom stereocenters. The minimum Gasteiger partial charge on any atom is -0.478 e. The number of aromatic nitrogens is 1. The predicted octanol–water partition coefficient (Wildman–Crippen LogP) is 1.90. The number of nitrogens with zero attached hydrogens (tertiary/aromatic N) is 1. The first-order chi connectivity index (χ1) is 9.60. The second-order valence-corrected chi connectivity index (χ2v) is 4.11. The van der Waals surface area contributed by atoms with Gasteiger partial charge in [-0.15, -0.1) is 0 Å². The van der Waals surface area contributed by atoms with Gasteiger partial charge in [0.25, 0.3) is 5.91 Å². The van der Waals surface area contributed by atoms with Gasteiger partial charge in [0.2, 0.25) is 5.88 Å². The smallest absolute Gasteiger partial charge is 0.250 e. The first-order valence-electron chi connectivity index (χ1n) is 6.15. The summed E-state index contributed by atoms with van der Waals surface area (Å²) in [7, 11) is 0. The SMILES string of the molecule is CCOc1ccc(Nc2ccc(N)cc2C(N)=O)cn1. The van der Waals surface area contributed by atoms with E-state index in [9.17, 15) is 4.79 Å². The van der Waals surface area contributed by atoms with Crippen LogP contribution >= 0.6 is 0 Å². The highest BCUT2D eigenvalue weighted by Gasteiger charge is 2.09. The lowest BCUT2D eigenvalue weighted by Gasteiger charge is -2.11. The van der Waals surface area contributed by atoms with Crippen LogP contribution in [0.4, 0.5) is 17.1 Å². The van der Waals surface area contributed by atoms with Crippen LogP contribution in [0.5, 0.6) is 5.88 Å². The molecule has 20 heavy (non-hydrogen) atoms. The molecule has 0 radical (unpaired) electrons. The summed E-state index contributed by atoms with van der Waals surface area (Å²) in [5, 5.41) is 3.08. The molecule has 0 aliphatic rings. The molecular weight excluding hydrogens is 256 g/mol. The van der Waals surface area contributed by atoms with Gasteiger partial charge in [0.15, 0.2) is 0 Å². The largest absolute Gasteiger partial charge is 0.478 e. The van der Waals surface area contributed by atoms with Crippen molar-refractivity contribution in [1.82, 2.24) is 4.98 Å². The lowest BCUT2D eigenvalue weighted by Crippen LogP contribution is -2.13. The van der Waals surface area contributed by atoms with Crippen LogP contribution in [0.25, 0.3) is 0 Å². The van der Waals surface area contributed by atoms with E-state index < -0.39 is 5.91 Å². The van der Waals surface area contributed by atoms with Gasteiger partial charge in [-0.25, -0.2) is 4.98 Å². The molecule has 104 valence electrons. The van der Waals surface area contributed by atoms with E-state index in [1.54, 1.807) is 30.5 Å². The van der Waals surface area contributed by atoms with Gasteiger partial charge in [-0.2, -0.15) is 0 Å². The van der Waals surface area contributed by atoms with Gasteiger partial charge in [0.05, 0.1) is 29.7 Å². The molecule has 1 aromatic carbocycles. The fourth-order valence-electron chi connectivity index (χ4n) is 1.72. The Balaban J connectivity index is 2.23. The van der Waals surface area contributed by atoms with Gasteiger partial charge in [0.1, 0.15) is 0 Å². The first kappa shape index (κ1) is 13.7. The minimum absolute atomic E-state index is 0.332. The maximum atomic E-state index is 11.4. The van der Waals surface area contributed by atoms with Crippen molar-refractivity contribution >= 4 is 23.0 Å². The highest BCUT2D eigenvalue weighted by atomic mass is 16.5. The average Bonchev–Trinajstić information content (AvgIpc) is 2.43. The van der Waals surface area contributed by atoms with Crippen LogP contribution in [-0.2, 0) is 0 Å². The molecule has 0 aliphatic heterocycles. The number of hydrogen-bond donors (Lipinski definition) is 3. The van der Waals surface area contributed by atoms with Crippen molar-refractivity contribution in [2.45, 2.75) is 6.92 Å². The number of anilines is 3. The van der Waals surface area contributed by atoms with E-state index in [1.165, 1.54) is 6.07 Å². The number of carbonyl (C=O) groups excluding carboxylic acids is 1. The van der Waals surface area contributed by atoms with E-state index in [4.69, 9.17) is 16.2 Å². The number of pyridine rings is 1. The van der Waals surface area contributed by atoms with Crippen molar-refractivity contribution in [3.8, 4) is 5.88 Å². The van der Waals surface area contributed by atoms with Crippen LogP contribution in [0, 0.1) is 0 Å². The van der Waals surface area contributed by atoms with Crippen LogP contribution in [0.3, 0.4) is 0 Å². The molecule has 0 aliphatic carbocycles. The molecule has 6 heteroatoms. The summed E-state index contributed by atoms with van der Waals surface area (Å²) in [6.07, 6.45) is 1.62. The Labute approximate surface area is 116 Å². The maximum Gasteiger partial charge on any atom is 0.250 e. The molecule has 5 N–H and O–H groups in total. The number of amides is 1. The number of carbonyl (C=O) groups is 1. The van der Waals surface area contributed by atoms with Crippen LogP contribution in [-0.4, -0.2) is 17.5 Å².